The van der Waals surface area contributed by atoms with Crippen molar-refractivity contribution in [2.75, 3.05) is 34.5 Å². The van der Waals surface area contributed by atoms with Crippen LogP contribution in [-0.4, -0.2) is 140 Å². The average molecular weight is 1030 g/mol. The molecule has 0 aromatic rings. The molecule has 3 fully saturated rings. The largest absolute Gasteiger partial charge is 0.460 e. The van der Waals surface area contributed by atoms with Gasteiger partial charge in [-0.1, -0.05) is 71.1 Å². The van der Waals surface area contributed by atoms with E-state index < -0.39 is 103 Å². The lowest BCUT2D eigenvalue weighted by Crippen LogP contribution is -2.61. The molecular formula is C55H88NO15P. The molecule has 3 aliphatic heterocycles. The molecule has 2 N–H and O–H groups in total. The number of cyclic esters (lactones) is 1. The molecule has 16 atom stereocenters. The first-order valence-electron chi connectivity index (χ1n) is 26.3. The molecule has 408 valence electrons. The van der Waals surface area contributed by atoms with Crippen molar-refractivity contribution in [1.82, 2.24) is 4.90 Å². The Kier molecular flexibility index (Phi) is 23.9. The Labute approximate surface area is 429 Å². The highest BCUT2D eigenvalue weighted by molar-refractivity contribution is 7.53. The minimum Gasteiger partial charge on any atom is -0.460 e. The van der Waals surface area contributed by atoms with Gasteiger partial charge in [0.2, 0.25) is 5.79 Å². The monoisotopic (exact) mass is 1030 g/mol. The number of carbonyl (C=O) groups is 5. The Hall–Kier alpha value is -3.18. The minimum atomic E-state index is -3.37. The first-order valence-corrected chi connectivity index (χ1v) is 28.3. The Morgan fingerprint density at radius 2 is 1.56 bits per heavy atom. The summed E-state index contributed by atoms with van der Waals surface area (Å²) in [6, 6.07) is -1.17. The summed E-state index contributed by atoms with van der Waals surface area (Å²) in [7, 11) is 1.15. The summed E-state index contributed by atoms with van der Waals surface area (Å²) in [5.74, 6) is -8.28. The molecule has 17 heteroatoms. The second-order valence-corrected chi connectivity index (χ2v) is 23.6. The van der Waals surface area contributed by atoms with Gasteiger partial charge in [-0.15, -0.1) is 0 Å². The smallest absolute Gasteiger partial charge is 0.329 e. The molecule has 0 radical (unpaired) electrons. The summed E-state index contributed by atoms with van der Waals surface area (Å²) in [5.41, 5.74) is 1.24. The van der Waals surface area contributed by atoms with E-state index in [1.54, 1.807) is 54.9 Å². The number of piperidine rings is 1. The van der Waals surface area contributed by atoms with E-state index in [1.165, 1.54) is 18.7 Å². The van der Waals surface area contributed by atoms with Crippen molar-refractivity contribution in [2.24, 2.45) is 35.5 Å². The van der Waals surface area contributed by atoms with E-state index in [2.05, 4.69) is 0 Å². The van der Waals surface area contributed by atoms with Crippen molar-refractivity contribution in [3.63, 3.8) is 0 Å². The van der Waals surface area contributed by atoms with Gasteiger partial charge in [-0.2, -0.15) is 0 Å². The lowest BCUT2D eigenvalue weighted by molar-refractivity contribution is -0.265. The van der Waals surface area contributed by atoms with Gasteiger partial charge in [-0.25, -0.2) is 4.79 Å². The predicted octanol–water partition coefficient (Wildman–Crippen LogP) is 8.45. The molecular weight excluding hydrogens is 946 g/mol. The van der Waals surface area contributed by atoms with Crippen LogP contribution in [0.3, 0.4) is 0 Å². The second-order valence-electron chi connectivity index (χ2n) is 21.6. The van der Waals surface area contributed by atoms with Gasteiger partial charge in [-0.3, -0.25) is 23.7 Å². The molecule has 0 aromatic carbocycles. The fourth-order valence-electron chi connectivity index (χ4n) is 10.9. The van der Waals surface area contributed by atoms with Gasteiger partial charge in [0.05, 0.1) is 30.5 Å². The number of ketones is 3. The number of ether oxygens (including phenoxy) is 5. The van der Waals surface area contributed by atoms with E-state index in [0.29, 0.717) is 69.8 Å². The fraction of sp³-hybridized carbons (Fsp3) is 0.764. The molecule has 1 amide bonds. The van der Waals surface area contributed by atoms with Crippen LogP contribution in [0.2, 0.25) is 0 Å². The standard InChI is InChI=1S/C55H88NO15P/c1-33(2)70-72(13,64)71-45-25-23-41(30-48(45)66-11)29-37(6)47-32-44(57)36(5)28-39(8)50(59)51(67-12)49(58)38(7)27-34(3)19-15-14-16-20-35(4)46(65-10)31-42-24-22-40(9)55(63,69-42)52(60)53(61)56-26-18-17-21-43(56)54(62)68-47/h14-16,19-20,28,33-34,36-38,40-43,45-48,50-51,59,63H,17-18,21-27,29-32H2,1-13H3/b16-14?,19-15+,35-20?,39-28+/t34-,36-,37-,38-,40-,41+,42?,43?,45-,46+,47+,48-,50-,51+,55-,72?/m1/s1. The van der Waals surface area contributed by atoms with Gasteiger partial charge in [-0.05, 0) is 121 Å². The molecule has 4 aliphatic rings. The molecule has 16 nitrogen and oxygen atoms in total. The highest BCUT2D eigenvalue weighted by atomic mass is 31.2. The maximum atomic E-state index is 14.5. The first kappa shape index (κ1) is 61.4. The molecule has 2 bridgehead atoms. The third-order valence-corrected chi connectivity index (χ3v) is 16.6. The molecule has 0 spiro atoms. The molecule has 3 heterocycles. The van der Waals surface area contributed by atoms with Crippen LogP contribution in [0, 0.1) is 35.5 Å². The van der Waals surface area contributed by atoms with Crippen molar-refractivity contribution >= 4 is 36.8 Å². The van der Waals surface area contributed by atoms with E-state index in [4.69, 9.17) is 32.7 Å². The molecule has 72 heavy (non-hydrogen) atoms. The van der Waals surface area contributed by atoms with Gasteiger partial charge in [0.25, 0.3) is 11.7 Å². The number of fused-ring (bicyclic) bond motifs is 3. The molecule has 3 unspecified atom stereocenters. The maximum absolute atomic E-state index is 14.5. The van der Waals surface area contributed by atoms with Gasteiger partial charge >= 0.3 is 13.6 Å². The maximum Gasteiger partial charge on any atom is 0.329 e. The van der Waals surface area contributed by atoms with Gasteiger partial charge in [0.1, 0.15) is 30.1 Å². The predicted molar refractivity (Wildman–Crippen MR) is 274 cm³/mol. The summed E-state index contributed by atoms with van der Waals surface area (Å²) in [4.78, 5) is 72.5. The molecule has 1 saturated carbocycles. The SMILES string of the molecule is CO[C@H]1CC2CC[C@@H](C)[C@@](O)(O2)C(=O)C(=O)N2CCCCC2C(=O)O[C@H]([C@H](C)C[C@@H]2CC[C@@H](OP(C)(=O)OC(C)C)[C@H](OC)C2)CC(=O)[C@H](C)/C=C(\C)[C@@H](O)[C@@H](OC)C(=O)[C@H](C)C[C@H](C)/C=C/C=CC=C1C. The van der Waals surface area contributed by atoms with E-state index in [1.807, 2.05) is 58.1 Å². The zero-order valence-electron chi connectivity index (χ0n) is 45.4. The lowest BCUT2D eigenvalue weighted by Gasteiger charge is -2.42. The number of allylic oxidation sites excluding steroid dienone is 6. The van der Waals surface area contributed by atoms with Crippen LogP contribution in [0.5, 0.6) is 0 Å². The third kappa shape index (κ3) is 16.9. The van der Waals surface area contributed by atoms with Crippen molar-refractivity contribution in [3.8, 4) is 0 Å². The lowest BCUT2D eigenvalue weighted by atomic mass is 9.78. The van der Waals surface area contributed by atoms with Gasteiger partial charge < -0.3 is 47.8 Å². The number of methoxy groups -OCH3 is 3. The Bertz CT molecular complexity index is 2020. The number of amides is 1. The Morgan fingerprint density at radius 3 is 2.21 bits per heavy atom. The number of nitrogens with zero attached hydrogens (tertiary/aromatic N) is 1. The van der Waals surface area contributed by atoms with Crippen LogP contribution in [0.1, 0.15) is 139 Å². The normalized spacial score (nSPS) is 37.5. The number of hydrogen-bond acceptors (Lipinski definition) is 15. The number of hydrogen-bond donors (Lipinski definition) is 2. The molecule has 2 saturated heterocycles. The topological polar surface area (TPSA) is 211 Å². The Balaban J connectivity index is 1.70. The molecule has 1 aliphatic carbocycles. The highest BCUT2D eigenvalue weighted by Gasteiger charge is 2.53. The summed E-state index contributed by atoms with van der Waals surface area (Å²) in [6.45, 7) is 17.7. The molecule has 4 rings (SSSR count). The van der Waals surface area contributed by atoms with Crippen LogP contribution < -0.4 is 0 Å². The van der Waals surface area contributed by atoms with Crippen molar-refractivity contribution < 1.29 is 71.5 Å². The fourth-order valence-corrected chi connectivity index (χ4v) is 12.4. The minimum absolute atomic E-state index is 0.00576. The first-order chi connectivity index (χ1) is 33.9. The summed E-state index contributed by atoms with van der Waals surface area (Å²) >= 11 is 0. The number of Topliss-reactive ketones (excluding diaryl/α,β-unsaturated/α-hetero) is 3. The van der Waals surface area contributed by atoms with Crippen LogP contribution in [0.15, 0.2) is 47.6 Å². The van der Waals surface area contributed by atoms with Gasteiger partial charge in [0, 0.05) is 65.1 Å². The number of aliphatic hydroxyl groups excluding tert-OH is 1. The highest BCUT2D eigenvalue weighted by Crippen LogP contribution is 2.49. The van der Waals surface area contributed by atoms with E-state index in [-0.39, 0.29) is 48.9 Å². The van der Waals surface area contributed by atoms with Crippen molar-refractivity contribution in [1.29, 1.82) is 0 Å². The van der Waals surface area contributed by atoms with E-state index >= 15 is 0 Å². The van der Waals surface area contributed by atoms with Crippen molar-refractivity contribution in [2.45, 2.75) is 200 Å². The van der Waals surface area contributed by atoms with E-state index in [0.717, 1.165) is 5.57 Å². The number of rotatable bonds is 10. The van der Waals surface area contributed by atoms with Crippen LogP contribution in [0.4, 0.5) is 0 Å². The molecule has 0 aromatic heterocycles. The number of esters is 1. The van der Waals surface area contributed by atoms with Crippen LogP contribution >= 0.6 is 7.60 Å². The van der Waals surface area contributed by atoms with Gasteiger partial charge in [0.15, 0.2) is 5.78 Å². The summed E-state index contributed by atoms with van der Waals surface area (Å²) < 4.78 is 54.6. The summed E-state index contributed by atoms with van der Waals surface area (Å²) in [6.07, 6.45) is 10.5. The Morgan fingerprint density at radius 1 is 0.847 bits per heavy atom. The summed E-state index contributed by atoms with van der Waals surface area (Å²) in [5, 5.41) is 23.5. The number of carbonyl (C=O) groups excluding carboxylic acids is 5. The van der Waals surface area contributed by atoms with Crippen molar-refractivity contribution in [3.05, 3.63) is 47.6 Å². The van der Waals surface area contributed by atoms with Crippen LogP contribution in [-0.2, 0) is 61.3 Å². The average Bonchev–Trinajstić information content (AvgIpc) is 3.32. The van der Waals surface area contributed by atoms with E-state index in [9.17, 15) is 38.8 Å². The third-order valence-electron chi connectivity index (χ3n) is 15.2. The quantitative estimate of drug-likeness (QED) is 0.0910. The number of aliphatic hydroxyl groups is 2. The zero-order chi connectivity index (χ0) is 53.7. The second kappa shape index (κ2) is 28.1. The van der Waals surface area contributed by atoms with Crippen LogP contribution in [0.25, 0.3) is 0 Å². The zero-order valence-corrected chi connectivity index (χ0v) is 46.3.